The first-order chi connectivity index (χ1) is 8.85. The molecule has 0 radical (unpaired) electrons. The number of anilines is 1. The lowest BCUT2D eigenvalue weighted by Gasteiger charge is -2.10. The van der Waals surface area contributed by atoms with Crippen molar-refractivity contribution in [3.8, 4) is 0 Å². The van der Waals surface area contributed by atoms with E-state index in [2.05, 4.69) is 10.0 Å². The maximum Gasteiger partial charge on any atom is 0.240 e. The predicted octanol–water partition coefficient (Wildman–Crippen LogP) is 1.50. The molecule has 0 spiro atoms. The Morgan fingerprint density at radius 1 is 1.37 bits per heavy atom. The summed E-state index contributed by atoms with van der Waals surface area (Å²) in [5, 5.41) is 2.77. The molecule has 1 fully saturated rings. The zero-order valence-corrected chi connectivity index (χ0v) is 12.0. The molecule has 0 bridgehead atoms. The fourth-order valence-corrected chi connectivity index (χ4v) is 2.99. The fourth-order valence-electron chi connectivity index (χ4n) is 2.00. The van der Waals surface area contributed by atoms with Crippen LogP contribution in [0.1, 0.15) is 18.9 Å². The van der Waals surface area contributed by atoms with Gasteiger partial charge in [-0.2, -0.15) is 0 Å². The summed E-state index contributed by atoms with van der Waals surface area (Å²) in [6, 6.07) is 4.90. The molecule has 19 heavy (non-hydrogen) atoms. The lowest BCUT2D eigenvalue weighted by molar-refractivity contribution is -0.117. The van der Waals surface area contributed by atoms with Crippen LogP contribution >= 0.6 is 0 Å². The van der Waals surface area contributed by atoms with Crippen LogP contribution in [0.15, 0.2) is 23.1 Å². The number of rotatable bonds is 4. The number of aryl methyl sites for hydroxylation is 1. The van der Waals surface area contributed by atoms with Gasteiger partial charge < -0.3 is 5.32 Å². The second-order valence-corrected chi connectivity index (χ2v) is 6.85. The minimum Gasteiger partial charge on any atom is -0.326 e. The maximum absolute atomic E-state index is 11.8. The van der Waals surface area contributed by atoms with E-state index in [9.17, 15) is 13.2 Å². The van der Waals surface area contributed by atoms with Crippen LogP contribution in [0.25, 0.3) is 0 Å². The van der Waals surface area contributed by atoms with Crippen molar-refractivity contribution in [3.63, 3.8) is 0 Å². The molecule has 6 heteroatoms. The highest BCUT2D eigenvalue weighted by Crippen LogP contribution is 2.38. The highest BCUT2D eigenvalue weighted by Gasteiger charge is 2.39. The van der Waals surface area contributed by atoms with Gasteiger partial charge in [0.05, 0.1) is 4.90 Å². The Morgan fingerprint density at radius 2 is 2.00 bits per heavy atom. The average molecular weight is 282 g/mol. The maximum atomic E-state index is 11.8. The third-order valence-electron chi connectivity index (χ3n) is 3.46. The van der Waals surface area contributed by atoms with Crippen molar-refractivity contribution in [2.75, 3.05) is 12.4 Å². The van der Waals surface area contributed by atoms with E-state index in [0.29, 0.717) is 17.2 Å². The lowest BCUT2D eigenvalue weighted by atomic mass is 10.2. The van der Waals surface area contributed by atoms with E-state index in [1.165, 1.54) is 13.1 Å². The Hall–Kier alpha value is -1.40. The van der Waals surface area contributed by atoms with Gasteiger partial charge in [0, 0.05) is 11.6 Å². The van der Waals surface area contributed by atoms with E-state index >= 15 is 0 Å². The highest BCUT2D eigenvalue weighted by atomic mass is 32.2. The van der Waals surface area contributed by atoms with Gasteiger partial charge in [0.15, 0.2) is 0 Å². The van der Waals surface area contributed by atoms with E-state index in [1.54, 1.807) is 19.1 Å². The van der Waals surface area contributed by atoms with Gasteiger partial charge in [0.1, 0.15) is 0 Å². The molecule has 1 aromatic carbocycles. The smallest absolute Gasteiger partial charge is 0.240 e. The van der Waals surface area contributed by atoms with E-state index in [4.69, 9.17) is 0 Å². The van der Waals surface area contributed by atoms with Crippen molar-refractivity contribution in [3.05, 3.63) is 23.8 Å². The van der Waals surface area contributed by atoms with Gasteiger partial charge in [-0.05, 0) is 44.0 Å². The van der Waals surface area contributed by atoms with Crippen molar-refractivity contribution in [2.24, 2.45) is 11.8 Å². The number of carbonyl (C=O) groups is 1. The summed E-state index contributed by atoms with van der Waals surface area (Å²) in [6.45, 7) is 3.75. The monoisotopic (exact) mass is 282 g/mol. The van der Waals surface area contributed by atoms with E-state index in [1.807, 2.05) is 6.92 Å². The summed E-state index contributed by atoms with van der Waals surface area (Å²) in [4.78, 5) is 12.0. The molecule has 1 aliphatic rings. The number of nitrogens with one attached hydrogen (secondary N) is 2. The number of carbonyl (C=O) groups excluding carboxylic acids is 1. The largest absolute Gasteiger partial charge is 0.326 e. The number of benzene rings is 1. The topological polar surface area (TPSA) is 75.3 Å². The van der Waals surface area contributed by atoms with Gasteiger partial charge in [-0.25, -0.2) is 13.1 Å². The van der Waals surface area contributed by atoms with Gasteiger partial charge in [0.25, 0.3) is 0 Å². The number of amides is 1. The zero-order chi connectivity index (χ0) is 14.2. The van der Waals surface area contributed by atoms with Crippen LogP contribution in [-0.2, 0) is 14.8 Å². The Labute approximate surface area is 113 Å². The second kappa shape index (κ2) is 4.94. The van der Waals surface area contributed by atoms with Crippen molar-refractivity contribution in [1.29, 1.82) is 0 Å². The van der Waals surface area contributed by atoms with Crippen LogP contribution in [0.4, 0.5) is 5.69 Å². The number of sulfonamides is 1. The molecule has 2 atom stereocenters. The average Bonchev–Trinajstić information content (AvgIpc) is 3.09. The molecule has 2 rings (SSSR count). The third-order valence-corrected chi connectivity index (χ3v) is 5.02. The third kappa shape index (κ3) is 2.96. The van der Waals surface area contributed by atoms with Gasteiger partial charge >= 0.3 is 0 Å². The van der Waals surface area contributed by atoms with Crippen LogP contribution in [0, 0.1) is 18.8 Å². The fraction of sp³-hybridized carbons (Fsp3) is 0.462. The standard InChI is InChI=1S/C13H18N2O3S/c1-8-4-5-10(7-12(8)19(17,18)14-3)15-13(16)11-6-9(11)2/h4-5,7,9,11,14H,6H2,1-3H3,(H,15,16). The van der Waals surface area contributed by atoms with Crippen LogP contribution in [0.5, 0.6) is 0 Å². The molecule has 0 aromatic heterocycles. The van der Waals surface area contributed by atoms with Gasteiger partial charge in [-0.3, -0.25) is 4.79 Å². The normalized spacial score (nSPS) is 22.1. The lowest BCUT2D eigenvalue weighted by Crippen LogP contribution is -2.20. The van der Waals surface area contributed by atoms with E-state index < -0.39 is 10.0 Å². The highest BCUT2D eigenvalue weighted by molar-refractivity contribution is 7.89. The van der Waals surface area contributed by atoms with Crippen LogP contribution in [-0.4, -0.2) is 21.4 Å². The molecular formula is C13H18N2O3S. The van der Waals surface area contributed by atoms with E-state index in [-0.39, 0.29) is 16.7 Å². The molecule has 1 amide bonds. The van der Waals surface area contributed by atoms with Gasteiger partial charge in [-0.1, -0.05) is 13.0 Å². The first-order valence-electron chi connectivity index (χ1n) is 6.20. The van der Waals surface area contributed by atoms with Gasteiger partial charge in [0.2, 0.25) is 15.9 Å². The molecule has 1 aliphatic carbocycles. The summed E-state index contributed by atoms with van der Waals surface area (Å²) in [7, 11) is -2.14. The van der Waals surface area contributed by atoms with E-state index in [0.717, 1.165) is 6.42 Å². The van der Waals surface area contributed by atoms with Gasteiger partial charge in [-0.15, -0.1) is 0 Å². The molecule has 0 aliphatic heterocycles. The molecule has 2 unspecified atom stereocenters. The number of hydrogen-bond donors (Lipinski definition) is 2. The molecule has 0 saturated heterocycles. The quantitative estimate of drug-likeness (QED) is 0.878. The summed E-state index contributed by atoms with van der Waals surface area (Å²) in [5.41, 5.74) is 1.16. The molecule has 1 aromatic rings. The molecule has 5 nitrogen and oxygen atoms in total. The Morgan fingerprint density at radius 3 is 2.53 bits per heavy atom. The summed E-state index contributed by atoms with van der Waals surface area (Å²) < 4.78 is 25.9. The molecule has 1 saturated carbocycles. The first-order valence-corrected chi connectivity index (χ1v) is 7.68. The van der Waals surface area contributed by atoms with Crippen molar-refractivity contribution < 1.29 is 13.2 Å². The molecule has 2 N–H and O–H groups in total. The van der Waals surface area contributed by atoms with Crippen molar-refractivity contribution >= 4 is 21.6 Å². The summed E-state index contributed by atoms with van der Waals surface area (Å²) >= 11 is 0. The van der Waals surface area contributed by atoms with Crippen molar-refractivity contribution in [2.45, 2.75) is 25.2 Å². The van der Waals surface area contributed by atoms with Crippen molar-refractivity contribution in [1.82, 2.24) is 4.72 Å². The number of hydrogen-bond acceptors (Lipinski definition) is 3. The zero-order valence-electron chi connectivity index (χ0n) is 11.2. The predicted molar refractivity (Wildman–Crippen MR) is 73.3 cm³/mol. The summed E-state index contributed by atoms with van der Waals surface area (Å²) in [6.07, 6.45) is 0.902. The summed E-state index contributed by atoms with van der Waals surface area (Å²) in [5.74, 6) is 0.445. The molecule has 0 heterocycles. The van der Waals surface area contributed by atoms with Crippen LogP contribution in [0.2, 0.25) is 0 Å². The van der Waals surface area contributed by atoms with Crippen LogP contribution in [0.3, 0.4) is 0 Å². The molecule has 104 valence electrons. The first kappa shape index (κ1) is 14.0. The Bertz CT molecular complexity index is 610. The minimum absolute atomic E-state index is 0.0378. The Balaban J connectivity index is 2.24. The minimum atomic E-state index is -3.50. The Kier molecular flexibility index (Phi) is 3.64. The SMILES string of the molecule is CNS(=O)(=O)c1cc(NC(=O)C2CC2C)ccc1C. The van der Waals surface area contributed by atoms with Crippen LogP contribution < -0.4 is 10.0 Å². The molecular weight excluding hydrogens is 264 g/mol. The second-order valence-electron chi connectivity index (χ2n) is 5.00.